The zero-order chi connectivity index (χ0) is 17.6. The molecule has 2 rings (SSSR count). The van der Waals surface area contributed by atoms with Gasteiger partial charge < -0.3 is 0 Å². The quantitative estimate of drug-likeness (QED) is 0.411. The largest absolute Gasteiger partial charge is 0.394 e. The van der Waals surface area contributed by atoms with Gasteiger partial charge in [0.05, 0.1) is 5.41 Å². The van der Waals surface area contributed by atoms with Gasteiger partial charge in [-0.2, -0.15) is 13.2 Å². The van der Waals surface area contributed by atoms with Gasteiger partial charge in [-0.3, -0.25) is 0 Å². The van der Waals surface area contributed by atoms with Crippen LogP contribution in [0.3, 0.4) is 0 Å². The third-order valence-electron chi connectivity index (χ3n) is 7.10. The highest BCUT2D eigenvalue weighted by molar-refractivity contribution is 4.93. The van der Waals surface area contributed by atoms with E-state index in [1.165, 1.54) is 38.5 Å². The zero-order valence-corrected chi connectivity index (χ0v) is 15.8. The average molecular weight is 347 g/mol. The number of unbranched alkanes of at least 4 members (excludes halogenated alkanes) is 2. The molecule has 0 bridgehead atoms. The van der Waals surface area contributed by atoms with Gasteiger partial charge >= 0.3 is 6.18 Å². The normalized spacial score (nSPS) is 35.1. The standard InChI is InChI=1S/C21H37F3/c1-3-5-6-14-20(21(22,23)24)15-12-19(13-16-20)18-10-8-17(7-4-2)9-11-18/h17-19H,3-16H2,1-2H3. The smallest absolute Gasteiger partial charge is 0.171 e. The van der Waals surface area contributed by atoms with Crippen molar-refractivity contribution in [1.82, 2.24) is 0 Å². The van der Waals surface area contributed by atoms with Crippen molar-refractivity contribution >= 4 is 0 Å². The van der Waals surface area contributed by atoms with Crippen molar-refractivity contribution in [2.45, 2.75) is 110 Å². The van der Waals surface area contributed by atoms with Gasteiger partial charge in [0, 0.05) is 0 Å². The lowest BCUT2D eigenvalue weighted by Gasteiger charge is -2.44. The summed E-state index contributed by atoms with van der Waals surface area (Å²) in [4.78, 5) is 0. The van der Waals surface area contributed by atoms with E-state index < -0.39 is 11.6 Å². The molecule has 2 saturated carbocycles. The number of hydrogen-bond donors (Lipinski definition) is 0. The van der Waals surface area contributed by atoms with Gasteiger partial charge in [-0.05, 0) is 62.7 Å². The van der Waals surface area contributed by atoms with Crippen LogP contribution in [0.15, 0.2) is 0 Å². The highest BCUT2D eigenvalue weighted by Crippen LogP contribution is 2.55. The molecule has 0 aromatic rings. The molecule has 2 fully saturated rings. The average Bonchev–Trinajstić information content (AvgIpc) is 2.56. The second-order valence-corrected chi connectivity index (χ2v) is 8.64. The van der Waals surface area contributed by atoms with Crippen LogP contribution in [0.5, 0.6) is 0 Å². The lowest BCUT2D eigenvalue weighted by molar-refractivity contribution is -0.241. The molecule has 0 N–H and O–H groups in total. The van der Waals surface area contributed by atoms with Gasteiger partial charge in [0.1, 0.15) is 0 Å². The monoisotopic (exact) mass is 346 g/mol. The van der Waals surface area contributed by atoms with Gasteiger partial charge in [-0.15, -0.1) is 0 Å². The van der Waals surface area contributed by atoms with Crippen LogP contribution < -0.4 is 0 Å². The van der Waals surface area contributed by atoms with Crippen molar-refractivity contribution in [3.63, 3.8) is 0 Å². The molecule has 0 heterocycles. The van der Waals surface area contributed by atoms with E-state index in [1.54, 1.807) is 0 Å². The van der Waals surface area contributed by atoms with Gasteiger partial charge in [-0.25, -0.2) is 0 Å². The van der Waals surface area contributed by atoms with Crippen molar-refractivity contribution in [2.24, 2.45) is 23.2 Å². The molecule has 0 radical (unpaired) electrons. The summed E-state index contributed by atoms with van der Waals surface area (Å²) in [5.41, 5.74) is -1.36. The summed E-state index contributed by atoms with van der Waals surface area (Å²) in [6.07, 6.45) is 9.20. The van der Waals surface area contributed by atoms with Crippen LogP contribution in [0.25, 0.3) is 0 Å². The Kier molecular flexibility index (Phi) is 7.49. The Morgan fingerprint density at radius 1 is 0.792 bits per heavy atom. The zero-order valence-electron chi connectivity index (χ0n) is 15.8. The minimum Gasteiger partial charge on any atom is -0.171 e. The predicted octanol–water partition coefficient (Wildman–Crippen LogP) is 7.91. The fourth-order valence-electron chi connectivity index (χ4n) is 5.41. The first-order valence-electron chi connectivity index (χ1n) is 10.5. The molecule has 0 aromatic carbocycles. The molecule has 142 valence electrons. The summed E-state index contributed by atoms with van der Waals surface area (Å²) >= 11 is 0. The molecular formula is C21H37F3. The van der Waals surface area contributed by atoms with E-state index >= 15 is 0 Å². The van der Waals surface area contributed by atoms with E-state index in [-0.39, 0.29) is 0 Å². The van der Waals surface area contributed by atoms with Crippen LogP contribution in [-0.4, -0.2) is 6.18 Å². The van der Waals surface area contributed by atoms with Gasteiger partial charge in [0.15, 0.2) is 0 Å². The lowest BCUT2D eigenvalue weighted by Crippen LogP contribution is -2.42. The van der Waals surface area contributed by atoms with E-state index in [1.807, 2.05) is 0 Å². The maximum Gasteiger partial charge on any atom is 0.394 e. The van der Waals surface area contributed by atoms with Crippen LogP contribution in [-0.2, 0) is 0 Å². The maximum atomic E-state index is 13.7. The summed E-state index contributed by atoms with van der Waals surface area (Å²) in [5.74, 6) is 2.16. The molecule has 0 atom stereocenters. The van der Waals surface area contributed by atoms with E-state index in [9.17, 15) is 13.2 Å². The Bertz CT molecular complexity index is 345. The highest BCUT2D eigenvalue weighted by atomic mass is 19.4. The van der Waals surface area contributed by atoms with Crippen LogP contribution >= 0.6 is 0 Å². The first-order chi connectivity index (χ1) is 11.4. The summed E-state index contributed by atoms with van der Waals surface area (Å²) in [5, 5.41) is 0. The first-order valence-corrected chi connectivity index (χ1v) is 10.5. The van der Waals surface area contributed by atoms with Crippen LogP contribution in [0.2, 0.25) is 0 Å². The van der Waals surface area contributed by atoms with Crippen molar-refractivity contribution in [3.05, 3.63) is 0 Å². The number of halogens is 3. The molecule has 2 aliphatic rings. The molecule has 0 unspecified atom stereocenters. The minimum atomic E-state index is -4.01. The molecular weight excluding hydrogens is 309 g/mol. The molecule has 0 saturated heterocycles. The molecule has 0 nitrogen and oxygen atoms in total. The Labute approximate surface area is 147 Å². The van der Waals surface area contributed by atoms with Gasteiger partial charge in [0.2, 0.25) is 0 Å². The van der Waals surface area contributed by atoms with Crippen molar-refractivity contribution in [1.29, 1.82) is 0 Å². The molecule has 2 aliphatic carbocycles. The number of rotatable bonds is 7. The number of alkyl halides is 3. The van der Waals surface area contributed by atoms with Crippen LogP contribution in [0.1, 0.15) is 104 Å². The minimum absolute atomic E-state index is 0.361. The highest BCUT2D eigenvalue weighted by Gasteiger charge is 2.55. The van der Waals surface area contributed by atoms with Crippen molar-refractivity contribution in [2.75, 3.05) is 0 Å². The Balaban J connectivity index is 1.86. The van der Waals surface area contributed by atoms with Crippen LogP contribution in [0, 0.1) is 23.2 Å². The molecule has 0 amide bonds. The van der Waals surface area contributed by atoms with Crippen molar-refractivity contribution < 1.29 is 13.2 Å². The lowest BCUT2D eigenvalue weighted by atomic mass is 9.62. The summed E-state index contributed by atoms with van der Waals surface area (Å²) in [6, 6.07) is 0. The molecule has 0 spiro atoms. The summed E-state index contributed by atoms with van der Waals surface area (Å²) < 4.78 is 41.2. The Morgan fingerprint density at radius 3 is 1.88 bits per heavy atom. The van der Waals surface area contributed by atoms with E-state index in [4.69, 9.17) is 0 Å². The van der Waals surface area contributed by atoms with E-state index in [2.05, 4.69) is 13.8 Å². The third-order valence-corrected chi connectivity index (χ3v) is 7.10. The maximum absolute atomic E-state index is 13.7. The Hall–Kier alpha value is -0.210. The molecule has 3 heteroatoms. The van der Waals surface area contributed by atoms with E-state index in [0.29, 0.717) is 31.1 Å². The molecule has 0 aromatic heterocycles. The fourth-order valence-corrected chi connectivity index (χ4v) is 5.41. The predicted molar refractivity (Wildman–Crippen MR) is 94.9 cm³/mol. The SMILES string of the molecule is CCCCCC1(C(F)(F)F)CCC(C2CCC(CCC)CC2)CC1. The van der Waals surface area contributed by atoms with Gasteiger partial charge in [0.25, 0.3) is 0 Å². The van der Waals surface area contributed by atoms with Crippen LogP contribution in [0.4, 0.5) is 13.2 Å². The van der Waals surface area contributed by atoms with Crippen molar-refractivity contribution in [3.8, 4) is 0 Å². The number of hydrogen-bond acceptors (Lipinski definition) is 0. The third kappa shape index (κ3) is 4.91. The Morgan fingerprint density at radius 2 is 1.38 bits per heavy atom. The topological polar surface area (TPSA) is 0 Å². The van der Waals surface area contributed by atoms with Gasteiger partial charge in [-0.1, -0.05) is 58.8 Å². The fraction of sp³-hybridized carbons (Fsp3) is 1.00. The van der Waals surface area contributed by atoms with E-state index in [0.717, 1.165) is 38.0 Å². The molecule has 24 heavy (non-hydrogen) atoms. The summed E-state index contributed by atoms with van der Waals surface area (Å²) in [6.45, 7) is 4.31. The second kappa shape index (κ2) is 8.94. The first kappa shape index (κ1) is 20.1. The second-order valence-electron chi connectivity index (χ2n) is 8.64. The molecule has 0 aliphatic heterocycles. The summed E-state index contributed by atoms with van der Waals surface area (Å²) in [7, 11) is 0.